The third kappa shape index (κ3) is 9.02. The first kappa shape index (κ1) is 21.8. The van der Waals surface area contributed by atoms with Gasteiger partial charge in [-0.25, -0.2) is 0 Å². The van der Waals surface area contributed by atoms with E-state index >= 15 is 0 Å². The lowest BCUT2D eigenvalue weighted by Gasteiger charge is -2.40. The summed E-state index contributed by atoms with van der Waals surface area (Å²) in [5.41, 5.74) is 11.3. The molecule has 0 aliphatic carbocycles. The van der Waals surface area contributed by atoms with E-state index in [2.05, 4.69) is 9.80 Å². The quantitative estimate of drug-likeness (QED) is 0.446. The van der Waals surface area contributed by atoms with Crippen molar-refractivity contribution in [2.24, 2.45) is 11.5 Å². The lowest BCUT2D eigenvalue weighted by Crippen LogP contribution is -2.59. The van der Waals surface area contributed by atoms with Gasteiger partial charge in [0.25, 0.3) is 0 Å². The minimum absolute atomic E-state index is 0.117. The van der Waals surface area contributed by atoms with Gasteiger partial charge in [-0.3, -0.25) is 4.90 Å². The van der Waals surface area contributed by atoms with Gasteiger partial charge in [0.1, 0.15) is 0 Å². The second-order valence-corrected chi connectivity index (χ2v) is 8.10. The zero-order chi connectivity index (χ0) is 17.7. The van der Waals surface area contributed by atoms with Crippen LogP contribution in [-0.2, 0) is 0 Å². The number of likely N-dealkylation sites (N-methyl/N-ethyl adjacent to an activating group) is 2. The normalized spacial score (nSPS) is 17.9. The van der Waals surface area contributed by atoms with Crippen LogP contribution in [0.5, 0.6) is 0 Å². The number of nitrogens with two attached hydrogens (primary N) is 2. The average Bonchev–Trinajstić information content (AvgIpc) is 2.20. The van der Waals surface area contributed by atoms with Crippen molar-refractivity contribution in [3.63, 3.8) is 0 Å². The molecule has 3 atom stereocenters. The molecule has 0 rings (SSSR count). The van der Waals surface area contributed by atoms with Crippen LogP contribution in [0.25, 0.3) is 0 Å². The van der Waals surface area contributed by atoms with E-state index in [1.165, 1.54) is 0 Å². The van der Waals surface area contributed by atoms with Crippen molar-refractivity contribution in [3.05, 3.63) is 0 Å². The molecule has 134 valence electrons. The Hall–Kier alpha value is -0.240. The van der Waals surface area contributed by atoms with Crippen LogP contribution in [-0.4, -0.2) is 83.1 Å². The van der Waals surface area contributed by atoms with Crippen molar-refractivity contribution in [3.8, 4) is 0 Å². The Balaban J connectivity index is 4.36. The molecule has 3 unspecified atom stereocenters. The lowest BCUT2D eigenvalue weighted by atomic mass is 9.90. The van der Waals surface area contributed by atoms with Gasteiger partial charge < -0.3 is 26.6 Å². The Bertz CT molecular complexity index is 310. The molecule has 6 heteroatoms. The molecule has 0 aliphatic heterocycles. The first-order chi connectivity index (χ1) is 9.74. The maximum Gasteiger partial charge on any atom is 0.0684 e. The van der Waals surface area contributed by atoms with Gasteiger partial charge in [-0.2, -0.15) is 0 Å². The van der Waals surface area contributed by atoms with Crippen molar-refractivity contribution in [2.75, 3.05) is 33.7 Å². The predicted octanol–water partition coefficient (Wildman–Crippen LogP) is -0.175. The summed E-state index contributed by atoms with van der Waals surface area (Å²) in [7, 11) is 3.95. The number of nitrogens with zero attached hydrogens (tertiary/aromatic N) is 2. The highest BCUT2D eigenvalue weighted by atomic mass is 16.3. The van der Waals surface area contributed by atoms with Crippen LogP contribution >= 0.6 is 0 Å². The van der Waals surface area contributed by atoms with Crippen LogP contribution in [0.15, 0.2) is 0 Å². The summed E-state index contributed by atoms with van der Waals surface area (Å²) in [5.74, 6) is 0. The van der Waals surface area contributed by atoms with Crippen molar-refractivity contribution in [1.29, 1.82) is 0 Å². The summed E-state index contributed by atoms with van der Waals surface area (Å²) in [5, 5.41) is 20.0. The van der Waals surface area contributed by atoms with Gasteiger partial charge in [0.15, 0.2) is 0 Å². The molecular weight excluding hydrogens is 280 g/mol. The van der Waals surface area contributed by atoms with E-state index in [0.29, 0.717) is 13.0 Å². The summed E-state index contributed by atoms with van der Waals surface area (Å²) in [6.45, 7) is 11.6. The number of aliphatic hydroxyl groups excluding tert-OH is 2. The summed E-state index contributed by atoms with van der Waals surface area (Å²) in [4.78, 5) is 4.16. The molecule has 6 nitrogen and oxygen atoms in total. The van der Waals surface area contributed by atoms with Crippen LogP contribution in [0.4, 0.5) is 0 Å². The monoisotopic (exact) mass is 318 g/mol. The maximum absolute atomic E-state index is 10.1. The fraction of sp³-hybridized carbons (Fsp3) is 1.00. The van der Waals surface area contributed by atoms with Gasteiger partial charge in [-0.1, -0.05) is 0 Å². The Morgan fingerprint density at radius 2 is 1.50 bits per heavy atom. The molecule has 0 radical (unpaired) electrons. The first-order valence-electron chi connectivity index (χ1n) is 8.06. The van der Waals surface area contributed by atoms with Gasteiger partial charge in [-0.15, -0.1) is 0 Å². The Labute approximate surface area is 136 Å². The minimum atomic E-state index is -0.501. The molecule has 0 aromatic rings. The second kappa shape index (κ2) is 8.57. The Kier molecular flexibility index (Phi) is 8.47. The zero-order valence-corrected chi connectivity index (χ0v) is 15.5. The molecule has 0 aliphatic rings. The minimum Gasteiger partial charge on any atom is -0.392 e. The van der Waals surface area contributed by atoms with Crippen LogP contribution in [0.2, 0.25) is 0 Å². The molecule has 0 fully saturated rings. The molecular formula is C16H38N4O2. The molecule has 0 aromatic heterocycles. The summed E-state index contributed by atoms with van der Waals surface area (Å²) < 4.78 is 0. The van der Waals surface area contributed by atoms with E-state index in [4.69, 9.17) is 11.5 Å². The van der Waals surface area contributed by atoms with Gasteiger partial charge >= 0.3 is 0 Å². The number of hydrogen-bond acceptors (Lipinski definition) is 6. The first-order valence-corrected chi connectivity index (χ1v) is 8.06. The van der Waals surface area contributed by atoms with Crippen molar-refractivity contribution in [1.82, 2.24) is 9.80 Å². The second-order valence-electron chi connectivity index (χ2n) is 8.10. The van der Waals surface area contributed by atoms with E-state index < -0.39 is 17.7 Å². The maximum atomic E-state index is 10.1. The Morgan fingerprint density at radius 3 is 1.86 bits per heavy atom. The van der Waals surface area contributed by atoms with Crippen molar-refractivity contribution >= 4 is 0 Å². The van der Waals surface area contributed by atoms with Gasteiger partial charge in [0, 0.05) is 30.7 Å². The standard InChI is InChI=1S/C16H38N4O2/c1-12(21)14(16(4,5)18)20(7)9-8-19(6)11-13(22)10-15(2,3)17/h12-14,21-22H,8-11,17-18H2,1-7H3. The zero-order valence-electron chi connectivity index (χ0n) is 15.5. The largest absolute Gasteiger partial charge is 0.392 e. The highest BCUT2D eigenvalue weighted by Gasteiger charge is 2.32. The molecule has 0 bridgehead atoms. The van der Waals surface area contributed by atoms with Crippen LogP contribution in [0.1, 0.15) is 41.0 Å². The van der Waals surface area contributed by atoms with E-state index in [-0.39, 0.29) is 11.6 Å². The predicted molar refractivity (Wildman–Crippen MR) is 92.8 cm³/mol. The molecule has 0 amide bonds. The van der Waals surface area contributed by atoms with E-state index in [1.54, 1.807) is 6.92 Å². The van der Waals surface area contributed by atoms with Gasteiger partial charge in [-0.05, 0) is 55.1 Å². The molecule has 22 heavy (non-hydrogen) atoms. The highest BCUT2D eigenvalue weighted by molar-refractivity contribution is 4.92. The highest BCUT2D eigenvalue weighted by Crippen LogP contribution is 2.16. The fourth-order valence-electron chi connectivity index (χ4n) is 3.15. The number of aliphatic hydroxyl groups is 2. The van der Waals surface area contributed by atoms with Crippen molar-refractivity contribution in [2.45, 2.75) is 70.4 Å². The van der Waals surface area contributed by atoms with Crippen molar-refractivity contribution < 1.29 is 10.2 Å². The lowest BCUT2D eigenvalue weighted by molar-refractivity contribution is 0.0306. The van der Waals surface area contributed by atoms with Gasteiger partial charge in [0.05, 0.1) is 18.2 Å². The summed E-state index contributed by atoms with van der Waals surface area (Å²) in [6, 6.07) is -0.117. The molecule has 0 saturated carbocycles. The average molecular weight is 319 g/mol. The van der Waals surface area contributed by atoms with E-state index in [9.17, 15) is 10.2 Å². The van der Waals surface area contributed by atoms with Crippen LogP contribution < -0.4 is 11.5 Å². The summed E-state index contributed by atoms with van der Waals surface area (Å²) in [6.07, 6.45) is -0.369. The molecule has 0 spiro atoms. The summed E-state index contributed by atoms with van der Waals surface area (Å²) >= 11 is 0. The number of hydrogen-bond donors (Lipinski definition) is 4. The third-order valence-electron chi connectivity index (χ3n) is 3.81. The molecule has 0 aromatic carbocycles. The third-order valence-corrected chi connectivity index (χ3v) is 3.81. The van der Waals surface area contributed by atoms with Crippen LogP contribution in [0.3, 0.4) is 0 Å². The van der Waals surface area contributed by atoms with Gasteiger partial charge in [0.2, 0.25) is 0 Å². The fourth-order valence-corrected chi connectivity index (χ4v) is 3.15. The van der Waals surface area contributed by atoms with Crippen LogP contribution in [0, 0.1) is 0 Å². The molecule has 0 heterocycles. The molecule has 0 saturated heterocycles. The SMILES string of the molecule is CC(O)C(N(C)CCN(C)CC(O)CC(C)(C)N)C(C)(C)N. The Morgan fingerprint density at radius 1 is 1.00 bits per heavy atom. The topological polar surface area (TPSA) is 99.0 Å². The number of rotatable bonds is 10. The van der Waals surface area contributed by atoms with E-state index in [1.807, 2.05) is 41.8 Å². The smallest absolute Gasteiger partial charge is 0.0684 e. The van der Waals surface area contributed by atoms with E-state index in [0.717, 1.165) is 13.1 Å². The molecule has 6 N–H and O–H groups in total.